The molecular weight excluding hydrogens is 464 g/mol. The van der Waals surface area contributed by atoms with Gasteiger partial charge >= 0.3 is 0 Å². The molecule has 0 saturated heterocycles. The summed E-state index contributed by atoms with van der Waals surface area (Å²) >= 11 is 3.04. The maximum absolute atomic E-state index is 10.7. The first-order chi connectivity index (χ1) is 16.6. The Hall–Kier alpha value is -3.43. The Labute approximate surface area is 208 Å². The number of nitrogens with zero attached hydrogens (tertiary/aromatic N) is 3. The number of anilines is 1. The van der Waals surface area contributed by atoms with E-state index < -0.39 is 0 Å². The van der Waals surface area contributed by atoms with E-state index in [1.54, 1.807) is 24.2 Å². The molecule has 1 atom stereocenters. The first-order valence-corrected chi connectivity index (χ1v) is 13.0. The van der Waals surface area contributed by atoms with Crippen LogP contribution in [0.5, 0.6) is 5.75 Å². The molecule has 3 aromatic carbocycles. The van der Waals surface area contributed by atoms with Crippen LogP contribution < -0.4 is 16.2 Å². The van der Waals surface area contributed by atoms with Gasteiger partial charge in [0.2, 0.25) is 0 Å². The molecule has 0 amide bonds. The number of aromatic hydroxyl groups is 1. The highest BCUT2D eigenvalue weighted by Gasteiger charge is 2.07. The Balaban J connectivity index is 1.67. The highest BCUT2D eigenvalue weighted by Crippen LogP contribution is 2.22. The topological polar surface area (TPSA) is 93.4 Å². The number of amidine groups is 1. The van der Waals surface area contributed by atoms with Crippen molar-refractivity contribution in [3.63, 3.8) is 0 Å². The Morgan fingerprint density at radius 1 is 0.912 bits per heavy atom. The fourth-order valence-corrected chi connectivity index (χ4v) is 3.69. The van der Waals surface area contributed by atoms with Crippen LogP contribution in [0.1, 0.15) is 16.7 Å². The summed E-state index contributed by atoms with van der Waals surface area (Å²) in [7, 11) is 0. The molecule has 0 bridgehead atoms. The molecule has 0 spiro atoms. The molecular formula is C25H28N6OS2. The molecule has 0 aromatic heterocycles. The van der Waals surface area contributed by atoms with Gasteiger partial charge in [-0.05, 0) is 61.4 Å². The molecule has 0 aliphatic carbocycles. The summed E-state index contributed by atoms with van der Waals surface area (Å²) in [6, 6.07) is 23.3. The summed E-state index contributed by atoms with van der Waals surface area (Å²) in [6.07, 6.45) is 7.09. The first-order valence-electron chi connectivity index (χ1n) is 10.5. The third-order valence-corrected chi connectivity index (χ3v) is 5.82. The second kappa shape index (κ2) is 13.3. The van der Waals surface area contributed by atoms with E-state index in [-0.39, 0.29) is 11.2 Å². The lowest BCUT2D eigenvalue weighted by Crippen LogP contribution is -2.29. The summed E-state index contributed by atoms with van der Waals surface area (Å²) in [6.45, 7) is 1.96. The molecule has 0 aliphatic heterocycles. The lowest BCUT2D eigenvalue weighted by molar-refractivity contribution is 0.473. The van der Waals surface area contributed by atoms with E-state index in [1.807, 2.05) is 92.2 Å². The predicted octanol–water partition coefficient (Wildman–Crippen LogP) is 5.36. The van der Waals surface area contributed by atoms with Gasteiger partial charge in [0.1, 0.15) is 5.75 Å². The molecule has 7 nitrogen and oxygen atoms in total. The molecule has 3 aromatic rings. The average molecular weight is 493 g/mol. The Bertz CT molecular complexity index is 1140. The molecule has 34 heavy (non-hydrogen) atoms. The number of nitrogens with one attached hydrogen (secondary N) is 3. The van der Waals surface area contributed by atoms with Crippen LogP contribution in [0.25, 0.3) is 0 Å². The number of para-hydroxylation sites is 2. The van der Waals surface area contributed by atoms with Crippen molar-refractivity contribution in [1.82, 2.24) is 10.9 Å². The van der Waals surface area contributed by atoms with E-state index >= 15 is 0 Å². The minimum absolute atomic E-state index is 0.101. The Kier molecular flexibility index (Phi) is 9.87. The number of aliphatic imine (C=N–C) groups is 1. The molecule has 0 saturated carbocycles. The van der Waals surface area contributed by atoms with Gasteiger partial charge in [-0.15, -0.1) is 11.8 Å². The van der Waals surface area contributed by atoms with E-state index in [0.29, 0.717) is 16.3 Å². The van der Waals surface area contributed by atoms with Crippen LogP contribution in [-0.4, -0.2) is 40.7 Å². The Morgan fingerprint density at radius 3 is 2.15 bits per heavy atom. The van der Waals surface area contributed by atoms with Gasteiger partial charge < -0.3 is 10.4 Å². The van der Waals surface area contributed by atoms with Gasteiger partial charge in [-0.1, -0.05) is 48.2 Å². The monoisotopic (exact) mass is 492 g/mol. The molecule has 4 N–H and O–H groups in total. The Morgan fingerprint density at radius 2 is 1.53 bits per heavy atom. The zero-order valence-electron chi connectivity index (χ0n) is 19.3. The molecule has 0 aliphatic rings. The third-order valence-electron chi connectivity index (χ3n) is 4.56. The predicted molar refractivity (Wildman–Crippen MR) is 149 cm³/mol. The largest absolute Gasteiger partial charge is 0.507 e. The van der Waals surface area contributed by atoms with Crippen molar-refractivity contribution in [3.8, 4) is 5.75 Å². The highest BCUT2D eigenvalue weighted by atomic mass is 32.2. The van der Waals surface area contributed by atoms with Crippen LogP contribution in [0.4, 0.5) is 11.4 Å². The number of thioether (sulfide) groups is 2. The average Bonchev–Trinajstić information content (AvgIpc) is 2.86. The fraction of sp³-hybridized carbons (Fsp3) is 0.160. The van der Waals surface area contributed by atoms with E-state index in [4.69, 9.17) is 0 Å². The summed E-state index contributed by atoms with van der Waals surface area (Å²) < 4.78 is 0. The smallest absolute Gasteiger partial charge is 0.182 e. The minimum Gasteiger partial charge on any atom is -0.507 e. The number of hydrazone groups is 2. The summed E-state index contributed by atoms with van der Waals surface area (Å²) in [5.41, 5.74) is 9.87. The molecule has 0 unspecified atom stereocenters. The van der Waals surface area contributed by atoms with Crippen LogP contribution in [0.3, 0.4) is 0 Å². The maximum Gasteiger partial charge on any atom is 0.182 e. The number of rotatable bonds is 9. The quantitative estimate of drug-likeness (QED) is 0.139. The van der Waals surface area contributed by atoms with Gasteiger partial charge in [-0.25, -0.2) is 4.99 Å². The van der Waals surface area contributed by atoms with Crippen molar-refractivity contribution in [2.45, 2.75) is 12.4 Å². The molecule has 0 fully saturated rings. The number of phenols is 1. The van der Waals surface area contributed by atoms with E-state index in [0.717, 1.165) is 16.9 Å². The van der Waals surface area contributed by atoms with E-state index in [1.165, 1.54) is 11.8 Å². The SMILES string of the molecule is CSC(=Nc1ccccc1)NN=Cc1cc(C)cc(C=NN[C@@H](Nc2ccccc2)SC)c1O. The molecule has 9 heteroatoms. The van der Waals surface area contributed by atoms with E-state index in [9.17, 15) is 5.11 Å². The van der Waals surface area contributed by atoms with Crippen LogP contribution in [-0.2, 0) is 0 Å². The number of aryl methyl sites for hydroxylation is 1. The molecule has 0 heterocycles. The normalized spacial score (nSPS) is 12.7. The number of benzene rings is 3. The van der Waals surface area contributed by atoms with Gasteiger partial charge in [0, 0.05) is 16.8 Å². The summed E-state index contributed by atoms with van der Waals surface area (Å²) in [5, 5.41) is 23.3. The van der Waals surface area contributed by atoms with Gasteiger partial charge in [0.15, 0.2) is 10.7 Å². The molecule has 176 valence electrons. The fourth-order valence-electron chi connectivity index (χ4n) is 2.93. The van der Waals surface area contributed by atoms with Crippen LogP contribution in [0.15, 0.2) is 88.0 Å². The van der Waals surface area contributed by atoms with Crippen molar-refractivity contribution in [2.75, 3.05) is 17.8 Å². The number of hydrogen-bond acceptors (Lipinski definition) is 8. The van der Waals surface area contributed by atoms with Crippen LogP contribution in [0, 0.1) is 6.92 Å². The highest BCUT2D eigenvalue weighted by molar-refractivity contribution is 8.13. The summed E-state index contributed by atoms with van der Waals surface area (Å²) in [5.74, 6) is 0.101. The lowest BCUT2D eigenvalue weighted by Gasteiger charge is -2.17. The lowest BCUT2D eigenvalue weighted by atomic mass is 10.1. The van der Waals surface area contributed by atoms with Crippen molar-refractivity contribution in [2.24, 2.45) is 15.2 Å². The van der Waals surface area contributed by atoms with Gasteiger partial charge in [-0.3, -0.25) is 10.9 Å². The van der Waals surface area contributed by atoms with Gasteiger partial charge in [-0.2, -0.15) is 10.2 Å². The van der Waals surface area contributed by atoms with Crippen molar-refractivity contribution in [3.05, 3.63) is 89.5 Å². The standard InChI is InChI=1S/C25H28N6OS2/c1-18-14-19(16-26-30-24(33-2)28-21-10-6-4-7-11-21)23(32)20(15-18)17-27-31-25(34-3)29-22-12-8-5-9-13-22/h4-17,24,28,30,32H,1-3H3,(H,29,31)/t24-/m1/s1. The second-order valence-corrected chi connectivity index (χ2v) is 8.87. The zero-order chi connectivity index (χ0) is 24.2. The number of phenolic OH excluding ortho intramolecular Hbond substituents is 1. The first kappa shape index (κ1) is 25.2. The summed E-state index contributed by atoms with van der Waals surface area (Å²) in [4.78, 5) is 4.52. The number of hydrogen-bond donors (Lipinski definition) is 4. The third kappa shape index (κ3) is 7.86. The molecule has 3 rings (SSSR count). The van der Waals surface area contributed by atoms with E-state index in [2.05, 4.69) is 31.4 Å². The van der Waals surface area contributed by atoms with Gasteiger partial charge in [0.05, 0.1) is 18.1 Å². The van der Waals surface area contributed by atoms with Crippen LogP contribution >= 0.6 is 23.5 Å². The zero-order valence-corrected chi connectivity index (χ0v) is 20.9. The second-order valence-electron chi connectivity index (χ2n) is 7.13. The van der Waals surface area contributed by atoms with Crippen molar-refractivity contribution < 1.29 is 5.11 Å². The van der Waals surface area contributed by atoms with Crippen molar-refractivity contribution in [1.29, 1.82) is 0 Å². The van der Waals surface area contributed by atoms with Crippen LogP contribution in [0.2, 0.25) is 0 Å². The molecule has 0 radical (unpaired) electrons. The van der Waals surface area contributed by atoms with Gasteiger partial charge in [0.25, 0.3) is 0 Å². The minimum atomic E-state index is -0.121. The maximum atomic E-state index is 10.7. The van der Waals surface area contributed by atoms with Crippen molar-refractivity contribution >= 4 is 52.5 Å².